The molecule has 0 spiro atoms. The first-order valence-corrected chi connectivity index (χ1v) is 4.46. The van der Waals surface area contributed by atoms with Crippen LogP contribution in [-0.4, -0.2) is 16.4 Å². The molecule has 0 aliphatic rings. The molecule has 2 aromatic rings. The molecule has 0 fully saturated rings. The van der Waals surface area contributed by atoms with Crippen LogP contribution in [0.25, 0.3) is 5.65 Å². The van der Waals surface area contributed by atoms with E-state index in [1.807, 2.05) is 20.0 Å². The van der Waals surface area contributed by atoms with E-state index in [1.54, 1.807) is 11.4 Å². The number of halogens is 1. The molecular weight excluding hydrogens is 181 g/mol. The summed E-state index contributed by atoms with van der Waals surface area (Å²) in [5.74, 6) is -0.298. The highest BCUT2D eigenvalue weighted by atomic mass is 19.1. The van der Waals surface area contributed by atoms with Gasteiger partial charge >= 0.3 is 0 Å². The lowest BCUT2D eigenvalue weighted by molar-refractivity contribution is 0.629. The van der Waals surface area contributed by atoms with Crippen LogP contribution in [-0.2, 0) is 0 Å². The van der Waals surface area contributed by atoms with E-state index in [2.05, 4.69) is 10.3 Å². The summed E-state index contributed by atoms with van der Waals surface area (Å²) in [6, 6.07) is 1.47. The predicted molar refractivity (Wildman–Crippen MR) is 54.2 cm³/mol. The standard InChI is InChI=1S/C10H12FN3/c1-6-5-14-7(2)9(12-3)4-8(11)10(14)13-6/h4-5,12H,1-3H3. The minimum absolute atomic E-state index is 0.298. The van der Waals surface area contributed by atoms with Gasteiger partial charge in [-0.25, -0.2) is 9.37 Å². The van der Waals surface area contributed by atoms with E-state index < -0.39 is 0 Å². The van der Waals surface area contributed by atoms with E-state index >= 15 is 0 Å². The van der Waals surface area contributed by atoms with Crippen molar-refractivity contribution in [2.24, 2.45) is 0 Å². The van der Waals surface area contributed by atoms with Crippen LogP contribution in [0.5, 0.6) is 0 Å². The summed E-state index contributed by atoms with van der Waals surface area (Å²) in [5, 5.41) is 2.95. The lowest BCUT2D eigenvalue weighted by atomic mass is 10.3. The maximum Gasteiger partial charge on any atom is 0.173 e. The number of hydrogen-bond donors (Lipinski definition) is 1. The van der Waals surface area contributed by atoms with Gasteiger partial charge in [-0.3, -0.25) is 4.40 Å². The topological polar surface area (TPSA) is 29.3 Å². The molecule has 0 amide bonds. The van der Waals surface area contributed by atoms with Crippen molar-refractivity contribution in [3.05, 3.63) is 29.5 Å². The van der Waals surface area contributed by atoms with Gasteiger partial charge in [0.25, 0.3) is 0 Å². The fourth-order valence-electron chi connectivity index (χ4n) is 1.60. The molecule has 4 heteroatoms. The van der Waals surface area contributed by atoms with Crippen molar-refractivity contribution in [1.82, 2.24) is 9.38 Å². The van der Waals surface area contributed by atoms with Crippen LogP contribution < -0.4 is 5.32 Å². The summed E-state index contributed by atoms with van der Waals surface area (Å²) >= 11 is 0. The molecule has 3 nitrogen and oxygen atoms in total. The minimum atomic E-state index is -0.298. The van der Waals surface area contributed by atoms with E-state index in [1.165, 1.54) is 6.07 Å². The smallest absolute Gasteiger partial charge is 0.173 e. The molecule has 0 saturated heterocycles. The number of nitrogens with one attached hydrogen (secondary N) is 1. The molecule has 0 radical (unpaired) electrons. The van der Waals surface area contributed by atoms with Crippen molar-refractivity contribution in [3.8, 4) is 0 Å². The second kappa shape index (κ2) is 2.97. The van der Waals surface area contributed by atoms with Gasteiger partial charge in [0.05, 0.1) is 11.4 Å². The van der Waals surface area contributed by atoms with Gasteiger partial charge in [0.1, 0.15) is 0 Å². The molecule has 0 bridgehead atoms. The van der Waals surface area contributed by atoms with Crippen LogP contribution in [0, 0.1) is 19.7 Å². The normalized spacial score (nSPS) is 10.9. The van der Waals surface area contributed by atoms with Gasteiger partial charge in [-0.15, -0.1) is 0 Å². The van der Waals surface area contributed by atoms with Crippen molar-refractivity contribution in [3.63, 3.8) is 0 Å². The Morgan fingerprint density at radius 2 is 2.14 bits per heavy atom. The lowest BCUT2D eigenvalue weighted by Gasteiger charge is -2.07. The van der Waals surface area contributed by atoms with Gasteiger partial charge in [-0.05, 0) is 13.8 Å². The average molecular weight is 193 g/mol. The van der Waals surface area contributed by atoms with E-state index in [0.717, 1.165) is 17.1 Å². The molecule has 1 N–H and O–H groups in total. The zero-order valence-electron chi connectivity index (χ0n) is 8.43. The molecular formula is C10H12FN3. The van der Waals surface area contributed by atoms with Gasteiger partial charge in [0, 0.05) is 25.0 Å². The zero-order chi connectivity index (χ0) is 10.3. The number of aromatic nitrogens is 2. The average Bonchev–Trinajstić information content (AvgIpc) is 2.54. The summed E-state index contributed by atoms with van der Waals surface area (Å²) in [6.07, 6.45) is 1.83. The Morgan fingerprint density at radius 3 is 2.79 bits per heavy atom. The molecule has 0 aliphatic carbocycles. The Hall–Kier alpha value is -1.58. The van der Waals surface area contributed by atoms with E-state index in [-0.39, 0.29) is 5.82 Å². The maximum atomic E-state index is 13.5. The van der Waals surface area contributed by atoms with Crippen molar-refractivity contribution in [2.75, 3.05) is 12.4 Å². The number of nitrogens with zero attached hydrogens (tertiary/aromatic N) is 2. The Balaban J connectivity index is 2.86. The van der Waals surface area contributed by atoms with Gasteiger partial charge < -0.3 is 5.32 Å². The highest BCUT2D eigenvalue weighted by Gasteiger charge is 2.09. The van der Waals surface area contributed by atoms with Gasteiger partial charge in [-0.1, -0.05) is 0 Å². The number of pyridine rings is 1. The van der Waals surface area contributed by atoms with E-state index in [4.69, 9.17) is 0 Å². The van der Waals surface area contributed by atoms with Crippen molar-refractivity contribution in [2.45, 2.75) is 13.8 Å². The highest BCUT2D eigenvalue weighted by Crippen LogP contribution is 2.20. The van der Waals surface area contributed by atoms with Crippen molar-refractivity contribution in [1.29, 1.82) is 0 Å². The molecule has 74 valence electrons. The lowest BCUT2D eigenvalue weighted by Crippen LogP contribution is -2.00. The first-order chi connectivity index (χ1) is 6.63. The van der Waals surface area contributed by atoms with Crippen LogP contribution in [0.15, 0.2) is 12.3 Å². The third-order valence-corrected chi connectivity index (χ3v) is 2.33. The number of imidazole rings is 1. The van der Waals surface area contributed by atoms with Gasteiger partial charge in [0.15, 0.2) is 11.5 Å². The Bertz CT molecular complexity index is 488. The monoisotopic (exact) mass is 193 g/mol. The van der Waals surface area contributed by atoms with E-state index in [0.29, 0.717) is 5.65 Å². The molecule has 0 atom stereocenters. The minimum Gasteiger partial charge on any atom is -0.387 e. The van der Waals surface area contributed by atoms with E-state index in [9.17, 15) is 4.39 Å². The Labute approximate surface area is 81.6 Å². The first-order valence-electron chi connectivity index (χ1n) is 4.46. The molecule has 0 aromatic carbocycles. The van der Waals surface area contributed by atoms with Gasteiger partial charge in [0.2, 0.25) is 0 Å². The molecule has 2 aromatic heterocycles. The Morgan fingerprint density at radius 1 is 1.43 bits per heavy atom. The fraction of sp³-hybridized carbons (Fsp3) is 0.300. The summed E-state index contributed by atoms with van der Waals surface area (Å²) in [6.45, 7) is 3.78. The highest BCUT2D eigenvalue weighted by molar-refractivity contribution is 5.56. The third-order valence-electron chi connectivity index (χ3n) is 2.33. The maximum absolute atomic E-state index is 13.5. The zero-order valence-corrected chi connectivity index (χ0v) is 8.43. The number of hydrogen-bond acceptors (Lipinski definition) is 2. The quantitative estimate of drug-likeness (QED) is 0.751. The number of fused-ring (bicyclic) bond motifs is 1. The third kappa shape index (κ3) is 1.14. The van der Waals surface area contributed by atoms with Crippen LogP contribution in [0.2, 0.25) is 0 Å². The summed E-state index contributed by atoms with van der Waals surface area (Å²) in [4.78, 5) is 4.11. The molecule has 2 heterocycles. The molecule has 0 aliphatic heterocycles. The fourth-order valence-corrected chi connectivity index (χ4v) is 1.60. The number of anilines is 1. The largest absolute Gasteiger partial charge is 0.387 e. The summed E-state index contributed by atoms with van der Waals surface area (Å²) in [5.41, 5.74) is 2.95. The number of rotatable bonds is 1. The van der Waals surface area contributed by atoms with Crippen LogP contribution in [0.4, 0.5) is 10.1 Å². The Kier molecular flexibility index (Phi) is 1.91. The molecule has 0 unspecified atom stereocenters. The summed E-state index contributed by atoms with van der Waals surface area (Å²) < 4.78 is 15.3. The summed E-state index contributed by atoms with van der Waals surface area (Å²) in [7, 11) is 1.78. The van der Waals surface area contributed by atoms with Gasteiger partial charge in [-0.2, -0.15) is 0 Å². The SMILES string of the molecule is CNc1cc(F)c2nc(C)cn2c1C. The van der Waals surface area contributed by atoms with Crippen LogP contribution in [0.1, 0.15) is 11.4 Å². The van der Waals surface area contributed by atoms with Crippen molar-refractivity contribution >= 4 is 11.3 Å². The number of aryl methyl sites for hydroxylation is 2. The predicted octanol–water partition coefficient (Wildman–Crippen LogP) is 2.13. The van der Waals surface area contributed by atoms with Crippen LogP contribution >= 0.6 is 0 Å². The molecule has 14 heavy (non-hydrogen) atoms. The molecule has 0 saturated carbocycles. The second-order valence-electron chi connectivity index (χ2n) is 3.32. The first kappa shape index (κ1) is 8.99. The van der Waals surface area contributed by atoms with Crippen LogP contribution in [0.3, 0.4) is 0 Å². The second-order valence-corrected chi connectivity index (χ2v) is 3.32. The van der Waals surface area contributed by atoms with Crippen molar-refractivity contribution < 1.29 is 4.39 Å². The molecule has 2 rings (SSSR count).